The molecule has 0 aromatic heterocycles. The predicted molar refractivity (Wildman–Crippen MR) is 90.6 cm³/mol. The van der Waals surface area contributed by atoms with E-state index in [0.717, 1.165) is 6.42 Å². The molecule has 1 nitrogen and oxygen atoms in total. The smallest absolute Gasteiger partial charge is 0.313 e. The second kappa shape index (κ2) is 10.2. The van der Waals surface area contributed by atoms with Gasteiger partial charge in [-0.25, -0.2) is 24.3 Å². The van der Waals surface area contributed by atoms with Crippen LogP contribution in [0.1, 0.15) is 17.2 Å². The van der Waals surface area contributed by atoms with E-state index in [1.54, 1.807) is 0 Å². The summed E-state index contributed by atoms with van der Waals surface area (Å²) < 4.78 is 0. The van der Waals surface area contributed by atoms with Gasteiger partial charge >= 0.3 is 17.1 Å². The van der Waals surface area contributed by atoms with Gasteiger partial charge in [-0.3, -0.25) is 0 Å². The minimum Gasteiger partial charge on any atom is -0.313 e. The average Bonchev–Trinajstić information content (AvgIpc) is 3.21. The maximum atomic E-state index is 2.28. The summed E-state index contributed by atoms with van der Waals surface area (Å²) in [6.45, 7) is 0. The van der Waals surface area contributed by atoms with Gasteiger partial charge in [0, 0.05) is 0 Å². The zero-order valence-corrected chi connectivity index (χ0v) is 14.3. The molecule has 0 aliphatic carbocycles. The van der Waals surface area contributed by atoms with Gasteiger partial charge in [0.15, 0.2) is 0 Å². The summed E-state index contributed by atoms with van der Waals surface area (Å²) in [6.07, 6.45) is 1.07. The molecule has 0 saturated heterocycles. The first kappa shape index (κ1) is 18.4. The van der Waals surface area contributed by atoms with Crippen LogP contribution in [0.5, 0.6) is 0 Å². The Kier molecular flexibility index (Phi) is 8.54. The Balaban J connectivity index is 0.000000344. The molecule has 1 atom stereocenters. The van der Waals surface area contributed by atoms with Gasteiger partial charge < -0.3 is 4.90 Å². The van der Waals surface area contributed by atoms with Crippen molar-refractivity contribution in [1.29, 1.82) is 0 Å². The van der Waals surface area contributed by atoms with Crippen molar-refractivity contribution in [2.45, 2.75) is 12.5 Å². The molecule has 3 aromatic carbocycles. The summed E-state index contributed by atoms with van der Waals surface area (Å²) in [5.74, 6) is 0. The predicted octanol–water partition coefficient (Wildman–Crippen LogP) is 4.65. The molecular weight excluding hydrogens is 310 g/mol. The zero-order valence-electron chi connectivity index (χ0n) is 13.2. The van der Waals surface area contributed by atoms with E-state index < -0.39 is 0 Å². The van der Waals surface area contributed by atoms with Gasteiger partial charge in [0.2, 0.25) is 0 Å². The summed E-state index contributed by atoms with van der Waals surface area (Å²) in [5, 5.41) is 0. The fourth-order valence-electron chi connectivity index (χ4n) is 2.37. The van der Waals surface area contributed by atoms with E-state index in [0.29, 0.717) is 6.04 Å². The Bertz CT molecular complexity index is 550. The molecule has 0 aliphatic rings. The van der Waals surface area contributed by atoms with Crippen molar-refractivity contribution in [2.24, 2.45) is 0 Å². The standard InChI is InChI=1S/C15H18N.C5H5.Fe/c1-16(2)15(14-10-6-7-11-14)12-13-8-4-3-5-9-13;1-2-4-5-3-1;/h3-11,15H,12H2,1-2H3;1-5H;/q2*-1;+2. The van der Waals surface area contributed by atoms with Crippen molar-refractivity contribution in [3.05, 3.63) is 96.1 Å². The number of hydrogen-bond acceptors (Lipinski definition) is 1. The fraction of sp³-hybridized carbons (Fsp3) is 0.200. The minimum absolute atomic E-state index is 0. The van der Waals surface area contributed by atoms with Gasteiger partial charge in [0.25, 0.3) is 0 Å². The Morgan fingerprint density at radius 1 is 0.909 bits per heavy atom. The number of rotatable bonds is 4. The van der Waals surface area contributed by atoms with E-state index >= 15 is 0 Å². The molecule has 0 fully saturated rings. The first-order valence-corrected chi connectivity index (χ1v) is 7.36. The van der Waals surface area contributed by atoms with Crippen molar-refractivity contribution in [3.63, 3.8) is 0 Å². The van der Waals surface area contributed by atoms with E-state index in [2.05, 4.69) is 73.6 Å². The van der Waals surface area contributed by atoms with Crippen LogP contribution < -0.4 is 0 Å². The Morgan fingerprint density at radius 2 is 1.50 bits per heavy atom. The molecule has 1 unspecified atom stereocenters. The van der Waals surface area contributed by atoms with Crippen molar-refractivity contribution in [3.8, 4) is 0 Å². The molecule has 0 spiro atoms. The summed E-state index contributed by atoms with van der Waals surface area (Å²) >= 11 is 0. The molecule has 0 N–H and O–H groups in total. The minimum atomic E-state index is 0. The summed E-state index contributed by atoms with van der Waals surface area (Å²) in [5.41, 5.74) is 2.79. The van der Waals surface area contributed by atoms with Crippen molar-refractivity contribution in [1.82, 2.24) is 4.90 Å². The van der Waals surface area contributed by atoms with E-state index in [-0.39, 0.29) is 17.1 Å². The van der Waals surface area contributed by atoms with Crippen molar-refractivity contribution < 1.29 is 17.1 Å². The third-order valence-electron chi connectivity index (χ3n) is 3.52. The maximum Gasteiger partial charge on any atom is 2.00 e. The monoisotopic (exact) mass is 333 g/mol. The molecule has 0 heterocycles. The van der Waals surface area contributed by atoms with Crippen LogP contribution in [0.3, 0.4) is 0 Å². The molecular formula is C20H23FeN. The van der Waals surface area contributed by atoms with E-state index in [1.165, 1.54) is 11.1 Å². The molecule has 0 bridgehead atoms. The van der Waals surface area contributed by atoms with Gasteiger partial charge in [-0.2, -0.15) is 30.3 Å². The van der Waals surface area contributed by atoms with Crippen LogP contribution in [0.25, 0.3) is 0 Å². The second-order valence-electron chi connectivity index (χ2n) is 5.35. The van der Waals surface area contributed by atoms with Gasteiger partial charge in [-0.15, -0.1) is 5.56 Å². The maximum absolute atomic E-state index is 2.28. The van der Waals surface area contributed by atoms with Crippen molar-refractivity contribution >= 4 is 0 Å². The van der Waals surface area contributed by atoms with E-state index in [9.17, 15) is 0 Å². The largest absolute Gasteiger partial charge is 2.00 e. The average molecular weight is 333 g/mol. The number of likely N-dealkylation sites (N-methyl/N-ethyl adjacent to an activating group) is 1. The third kappa shape index (κ3) is 6.03. The number of nitrogens with zero attached hydrogens (tertiary/aromatic N) is 1. The molecule has 0 amide bonds. The summed E-state index contributed by atoms with van der Waals surface area (Å²) in [4.78, 5) is 2.28. The number of hydrogen-bond donors (Lipinski definition) is 0. The molecule has 2 heteroatoms. The van der Waals surface area contributed by atoms with Crippen LogP contribution in [0.15, 0.2) is 84.9 Å². The van der Waals surface area contributed by atoms with Crippen molar-refractivity contribution in [2.75, 3.05) is 14.1 Å². The fourth-order valence-corrected chi connectivity index (χ4v) is 2.37. The molecule has 116 valence electrons. The van der Waals surface area contributed by atoms with Crippen LogP contribution in [-0.2, 0) is 23.5 Å². The first-order chi connectivity index (χ1) is 10.3. The molecule has 22 heavy (non-hydrogen) atoms. The summed E-state index contributed by atoms with van der Waals surface area (Å²) in [7, 11) is 4.28. The Morgan fingerprint density at radius 3 is 1.95 bits per heavy atom. The van der Waals surface area contributed by atoms with Gasteiger partial charge in [-0.05, 0) is 32.1 Å². The second-order valence-corrected chi connectivity index (χ2v) is 5.35. The quantitative estimate of drug-likeness (QED) is 0.496. The summed E-state index contributed by atoms with van der Waals surface area (Å²) in [6, 6.07) is 29.8. The first-order valence-electron chi connectivity index (χ1n) is 7.36. The molecule has 0 aliphatic heterocycles. The molecule has 0 saturated carbocycles. The Hall–Kier alpha value is -1.60. The van der Waals surface area contributed by atoms with Crippen LogP contribution >= 0.6 is 0 Å². The number of benzene rings is 1. The van der Waals surface area contributed by atoms with Crippen LogP contribution in [0.2, 0.25) is 0 Å². The Labute approximate surface area is 144 Å². The normalized spacial score (nSPS) is 11.2. The van der Waals surface area contributed by atoms with Gasteiger partial charge in [-0.1, -0.05) is 30.3 Å². The molecule has 0 radical (unpaired) electrons. The third-order valence-corrected chi connectivity index (χ3v) is 3.52. The molecule has 3 rings (SSSR count). The molecule has 3 aromatic rings. The SMILES string of the molecule is CN(C)C(Cc1ccccc1)[c-]1cccc1.[Fe+2].c1cc[cH-]c1. The topological polar surface area (TPSA) is 3.24 Å². The van der Waals surface area contributed by atoms with E-state index in [4.69, 9.17) is 0 Å². The van der Waals surface area contributed by atoms with Crippen LogP contribution in [0.4, 0.5) is 0 Å². The van der Waals surface area contributed by atoms with Crippen LogP contribution in [-0.4, -0.2) is 19.0 Å². The van der Waals surface area contributed by atoms with Crippen LogP contribution in [0, 0.1) is 0 Å². The zero-order chi connectivity index (χ0) is 14.9. The van der Waals surface area contributed by atoms with E-state index in [1.807, 2.05) is 30.3 Å². The van der Waals surface area contributed by atoms with Gasteiger partial charge in [0.05, 0.1) is 0 Å². The van der Waals surface area contributed by atoms with Gasteiger partial charge in [0.1, 0.15) is 0 Å².